The van der Waals surface area contributed by atoms with Crippen LogP contribution in [0.3, 0.4) is 0 Å². The van der Waals surface area contributed by atoms with Crippen molar-refractivity contribution in [3.63, 3.8) is 0 Å². The molecule has 0 N–H and O–H groups in total. The Bertz CT molecular complexity index is 893. The summed E-state index contributed by atoms with van der Waals surface area (Å²) in [5, 5.41) is 0. The maximum atomic E-state index is 13.4. The van der Waals surface area contributed by atoms with Gasteiger partial charge in [0.25, 0.3) is 0 Å². The Morgan fingerprint density at radius 2 is 1.72 bits per heavy atom. The molecule has 1 aromatic carbocycles. The molecule has 0 radical (unpaired) electrons. The molecule has 32 heavy (non-hydrogen) atoms. The second-order valence-electron chi connectivity index (χ2n) is 8.49. The van der Waals surface area contributed by atoms with Crippen LogP contribution in [0.15, 0.2) is 36.9 Å². The zero-order valence-electron chi connectivity index (χ0n) is 18.6. The molecular weight excluding hydrogens is 413 g/mol. The van der Waals surface area contributed by atoms with Crippen molar-refractivity contribution in [3.8, 4) is 0 Å². The number of carbonyl (C=O) groups is 4. The van der Waals surface area contributed by atoms with E-state index in [0.29, 0.717) is 10.8 Å². The van der Waals surface area contributed by atoms with E-state index in [1.165, 1.54) is 18.2 Å². The van der Waals surface area contributed by atoms with Gasteiger partial charge in [-0.3, -0.25) is 19.3 Å². The Balaban J connectivity index is 1.84. The predicted octanol–water partition coefficient (Wildman–Crippen LogP) is 3.66. The third kappa shape index (κ3) is 4.74. The van der Waals surface area contributed by atoms with Crippen LogP contribution in [0.25, 0.3) is 0 Å². The highest BCUT2D eigenvalue weighted by molar-refractivity contribution is 6.45. The Morgan fingerprint density at radius 1 is 1.12 bits per heavy atom. The first kappa shape index (κ1) is 23.6. The fourth-order valence-electron chi connectivity index (χ4n) is 4.67. The molecule has 0 unspecified atom stereocenters. The Hall–Kier alpha value is -3.03. The van der Waals surface area contributed by atoms with Crippen molar-refractivity contribution in [1.29, 1.82) is 0 Å². The molecule has 2 fully saturated rings. The number of rotatable bonds is 8. The topological polar surface area (TPSA) is 78.0 Å². The minimum absolute atomic E-state index is 0.0573. The quantitative estimate of drug-likeness (QED) is 0.349. The molecule has 1 aliphatic carbocycles. The molecule has 172 valence electrons. The lowest BCUT2D eigenvalue weighted by molar-refractivity contribution is -0.146. The van der Waals surface area contributed by atoms with Gasteiger partial charge in [-0.05, 0) is 56.2 Å². The number of hydrogen-bond donors (Lipinski definition) is 0. The van der Waals surface area contributed by atoms with E-state index in [0.717, 1.165) is 42.6 Å². The standard InChI is InChI=1S/C24H30FN3O4/c1-4-14-26-22(30)23(31)27(24(26)32)15-21(29)28(20-12-6-17(5-2)7-13-20)16(3)18-8-10-19(25)11-9-18/h4,8-11,16-17,20H,1,5-7,12-15H2,2-3H3/t16-,17?,20?/m1/s1. The van der Waals surface area contributed by atoms with E-state index < -0.39 is 30.3 Å². The van der Waals surface area contributed by atoms with E-state index in [2.05, 4.69) is 13.5 Å². The largest absolute Gasteiger partial charge is 0.335 e. The van der Waals surface area contributed by atoms with Gasteiger partial charge in [-0.1, -0.05) is 31.6 Å². The summed E-state index contributed by atoms with van der Waals surface area (Å²) in [6, 6.07) is 4.73. The van der Waals surface area contributed by atoms with Gasteiger partial charge in [0.15, 0.2) is 0 Å². The SMILES string of the molecule is C=CCN1C(=O)C(=O)N(CC(=O)N(C2CCC(CC)CC2)[C@H](C)c2ccc(F)cc2)C1=O. The van der Waals surface area contributed by atoms with E-state index in [-0.39, 0.29) is 24.4 Å². The minimum atomic E-state index is -1.01. The van der Waals surface area contributed by atoms with Gasteiger partial charge < -0.3 is 4.90 Å². The van der Waals surface area contributed by atoms with Crippen molar-refractivity contribution in [1.82, 2.24) is 14.7 Å². The van der Waals surface area contributed by atoms with Crippen molar-refractivity contribution in [2.75, 3.05) is 13.1 Å². The number of imide groups is 2. The fourth-order valence-corrected chi connectivity index (χ4v) is 4.67. The van der Waals surface area contributed by atoms with Gasteiger partial charge >= 0.3 is 17.8 Å². The highest BCUT2D eigenvalue weighted by Crippen LogP contribution is 2.34. The molecule has 1 aliphatic heterocycles. The summed E-state index contributed by atoms with van der Waals surface area (Å²) in [4.78, 5) is 53.7. The zero-order chi connectivity index (χ0) is 23.4. The monoisotopic (exact) mass is 443 g/mol. The van der Waals surface area contributed by atoms with Crippen molar-refractivity contribution >= 4 is 23.8 Å². The zero-order valence-corrected chi connectivity index (χ0v) is 18.6. The van der Waals surface area contributed by atoms with Crippen LogP contribution in [-0.2, 0) is 14.4 Å². The Morgan fingerprint density at radius 3 is 2.28 bits per heavy atom. The molecule has 1 heterocycles. The summed E-state index contributed by atoms with van der Waals surface area (Å²) in [5.74, 6) is -2.11. The van der Waals surface area contributed by atoms with Crippen LogP contribution in [0.1, 0.15) is 57.6 Å². The number of halogens is 1. The molecule has 8 heteroatoms. The van der Waals surface area contributed by atoms with Crippen LogP contribution in [0.2, 0.25) is 0 Å². The summed E-state index contributed by atoms with van der Waals surface area (Å²) in [6.45, 7) is 6.91. The van der Waals surface area contributed by atoms with Crippen LogP contribution >= 0.6 is 0 Å². The fraction of sp³-hybridized carbons (Fsp3) is 0.500. The van der Waals surface area contributed by atoms with E-state index in [9.17, 15) is 23.6 Å². The van der Waals surface area contributed by atoms with Gasteiger partial charge in [0.2, 0.25) is 5.91 Å². The van der Waals surface area contributed by atoms with Crippen molar-refractivity contribution in [2.24, 2.45) is 5.92 Å². The number of carbonyl (C=O) groups excluding carboxylic acids is 4. The predicted molar refractivity (Wildman–Crippen MR) is 117 cm³/mol. The summed E-state index contributed by atoms with van der Waals surface area (Å²) in [5.41, 5.74) is 0.765. The highest BCUT2D eigenvalue weighted by Gasteiger charge is 2.45. The number of nitrogens with zero attached hydrogens (tertiary/aromatic N) is 3. The van der Waals surface area contributed by atoms with Gasteiger partial charge in [-0.25, -0.2) is 14.1 Å². The van der Waals surface area contributed by atoms with Crippen LogP contribution in [0.5, 0.6) is 0 Å². The lowest BCUT2D eigenvalue weighted by Crippen LogP contribution is -2.49. The van der Waals surface area contributed by atoms with Crippen LogP contribution in [-0.4, -0.2) is 57.6 Å². The second kappa shape index (κ2) is 10.1. The highest BCUT2D eigenvalue weighted by atomic mass is 19.1. The molecule has 1 aromatic rings. The number of amides is 5. The number of hydrogen-bond acceptors (Lipinski definition) is 4. The first-order chi connectivity index (χ1) is 15.3. The van der Waals surface area contributed by atoms with Crippen LogP contribution in [0, 0.1) is 11.7 Å². The number of benzene rings is 1. The smallest absolute Gasteiger partial charge is 0.331 e. The molecule has 0 bridgehead atoms. The first-order valence-electron chi connectivity index (χ1n) is 11.1. The van der Waals surface area contributed by atoms with Crippen molar-refractivity contribution in [3.05, 3.63) is 48.3 Å². The molecule has 3 rings (SSSR count). The number of urea groups is 1. The molecular formula is C24H30FN3O4. The minimum Gasteiger partial charge on any atom is -0.331 e. The lowest BCUT2D eigenvalue weighted by atomic mass is 9.83. The molecule has 0 spiro atoms. The molecule has 0 aromatic heterocycles. The van der Waals surface area contributed by atoms with Crippen molar-refractivity contribution in [2.45, 2.75) is 58.0 Å². The van der Waals surface area contributed by atoms with E-state index in [1.807, 2.05) is 6.92 Å². The molecule has 1 saturated carbocycles. The maximum absolute atomic E-state index is 13.4. The summed E-state index contributed by atoms with van der Waals surface area (Å²) in [7, 11) is 0. The third-order valence-corrected chi connectivity index (χ3v) is 6.58. The average molecular weight is 444 g/mol. The molecule has 1 saturated heterocycles. The average Bonchev–Trinajstić information content (AvgIpc) is 2.98. The maximum Gasteiger partial charge on any atom is 0.335 e. The first-order valence-corrected chi connectivity index (χ1v) is 11.1. The summed E-state index contributed by atoms with van der Waals surface area (Å²) >= 11 is 0. The van der Waals surface area contributed by atoms with Crippen LogP contribution in [0.4, 0.5) is 9.18 Å². The van der Waals surface area contributed by atoms with Gasteiger partial charge in [0, 0.05) is 12.6 Å². The molecule has 2 aliphatic rings. The van der Waals surface area contributed by atoms with E-state index in [4.69, 9.17) is 0 Å². The Labute approximate surface area is 187 Å². The van der Waals surface area contributed by atoms with E-state index in [1.54, 1.807) is 17.0 Å². The molecule has 1 atom stereocenters. The van der Waals surface area contributed by atoms with Crippen molar-refractivity contribution < 1.29 is 23.6 Å². The summed E-state index contributed by atoms with van der Waals surface area (Å²) < 4.78 is 13.4. The second-order valence-corrected chi connectivity index (χ2v) is 8.49. The van der Waals surface area contributed by atoms with Gasteiger partial charge in [0.1, 0.15) is 12.4 Å². The summed E-state index contributed by atoms with van der Waals surface area (Å²) in [6.07, 6.45) is 6.07. The van der Waals surface area contributed by atoms with Gasteiger partial charge in [0.05, 0.1) is 6.04 Å². The molecule has 7 nitrogen and oxygen atoms in total. The van der Waals surface area contributed by atoms with Gasteiger partial charge in [-0.15, -0.1) is 6.58 Å². The van der Waals surface area contributed by atoms with E-state index >= 15 is 0 Å². The Kier molecular flexibility index (Phi) is 7.43. The van der Waals surface area contributed by atoms with Crippen LogP contribution < -0.4 is 0 Å². The third-order valence-electron chi connectivity index (χ3n) is 6.58. The van der Waals surface area contributed by atoms with Gasteiger partial charge in [-0.2, -0.15) is 0 Å². The molecule has 5 amide bonds. The normalized spacial score (nSPS) is 22.3. The lowest BCUT2D eigenvalue weighted by Gasteiger charge is -2.41.